The van der Waals surface area contributed by atoms with Crippen LogP contribution in [0.5, 0.6) is 11.5 Å². The van der Waals surface area contributed by atoms with Gasteiger partial charge in [-0.05, 0) is 60.2 Å². The molecule has 0 aromatic heterocycles. The van der Waals surface area contributed by atoms with Crippen LogP contribution in [-0.4, -0.2) is 17.8 Å². The second-order valence-electron chi connectivity index (χ2n) is 7.08. The van der Waals surface area contributed by atoms with E-state index in [0.29, 0.717) is 0 Å². The van der Waals surface area contributed by atoms with Gasteiger partial charge in [0, 0.05) is 27.0 Å². The van der Waals surface area contributed by atoms with Crippen LogP contribution in [0, 0.1) is 0 Å². The highest BCUT2D eigenvalue weighted by molar-refractivity contribution is 9.10. The van der Waals surface area contributed by atoms with E-state index in [1.54, 1.807) is 7.11 Å². The van der Waals surface area contributed by atoms with Gasteiger partial charge in [-0.3, -0.25) is 0 Å². The first-order valence-corrected chi connectivity index (χ1v) is 10.5. The number of nitrogens with zero attached hydrogens (tertiary/aromatic N) is 2. The Kier molecular flexibility index (Phi) is 4.72. The van der Waals surface area contributed by atoms with Gasteiger partial charge in [0.1, 0.15) is 11.5 Å². The summed E-state index contributed by atoms with van der Waals surface area (Å²) >= 11 is 9.66. The van der Waals surface area contributed by atoms with E-state index in [0.717, 1.165) is 49.8 Å². The van der Waals surface area contributed by atoms with E-state index in [9.17, 15) is 0 Å². The molecule has 0 unspecified atom stereocenters. The first-order valence-electron chi connectivity index (χ1n) is 9.34. The number of fused-ring (bicyclic) bond motifs is 3. The number of hydrogen-bond acceptors (Lipinski definition) is 4. The molecule has 29 heavy (non-hydrogen) atoms. The Morgan fingerprint density at radius 3 is 2.55 bits per heavy atom. The van der Waals surface area contributed by atoms with Crippen LogP contribution >= 0.6 is 27.5 Å². The molecule has 0 N–H and O–H groups in total. The fraction of sp³-hybridized carbons (Fsp3) is 0.174. The number of halogens is 2. The molecule has 0 aliphatic carbocycles. The molecule has 0 spiro atoms. The third-order valence-corrected chi connectivity index (χ3v) is 6.08. The number of ether oxygens (including phenoxy) is 2. The van der Waals surface area contributed by atoms with E-state index in [4.69, 9.17) is 26.2 Å². The smallest absolute Gasteiger partial charge is 0.213 e. The summed E-state index contributed by atoms with van der Waals surface area (Å²) in [7, 11) is 1.67. The topological polar surface area (TPSA) is 34.1 Å². The molecule has 0 amide bonds. The van der Waals surface area contributed by atoms with E-state index < -0.39 is 0 Å². The summed E-state index contributed by atoms with van der Waals surface area (Å²) in [4.78, 5) is 0. The minimum Gasteiger partial charge on any atom is -0.497 e. The Labute approximate surface area is 182 Å². The fourth-order valence-electron chi connectivity index (χ4n) is 3.86. The SMILES string of the molecule is COc1ccc([C@@H]2Oc3ccc(Br)cc3[C@@H]3CC(c4ccc(Cl)cc4)=NN32)cc1. The van der Waals surface area contributed by atoms with Gasteiger partial charge >= 0.3 is 0 Å². The van der Waals surface area contributed by atoms with Gasteiger partial charge in [0.2, 0.25) is 6.23 Å². The summed E-state index contributed by atoms with van der Waals surface area (Å²) in [5.74, 6) is 1.71. The van der Waals surface area contributed by atoms with Crippen molar-refractivity contribution in [1.29, 1.82) is 0 Å². The Bertz CT molecular complexity index is 1080. The summed E-state index contributed by atoms with van der Waals surface area (Å²) in [5, 5.41) is 7.77. The predicted molar refractivity (Wildman–Crippen MR) is 118 cm³/mol. The number of hydrogen-bond donors (Lipinski definition) is 0. The van der Waals surface area contributed by atoms with Crippen molar-refractivity contribution in [2.24, 2.45) is 5.10 Å². The van der Waals surface area contributed by atoms with Crippen molar-refractivity contribution in [3.05, 3.63) is 92.9 Å². The van der Waals surface area contributed by atoms with Crippen molar-refractivity contribution in [1.82, 2.24) is 5.01 Å². The van der Waals surface area contributed by atoms with Gasteiger partial charge < -0.3 is 9.47 Å². The number of hydrazone groups is 1. The molecule has 0 saturated carbocycles. The molecule has 2 atom stereocenters. The molecule has 0 bridgehead atoms. The van der Waals surface area contributed by atoms with E-state index >= 15 is 0 Å². The van der Waals surface area contributed by atoms with Gasteiger partial charge in [0.15, 0.2) is 0 Å². The Morgan fingerprint density at radius 1 is 1.07 bits per heavy atom. The largest absolute Gasteiger partial charge is 0.497 e. The zero-order valence-electron chi connectivity index (χ0n) is 15.7. The van der Waals surface area contributed by atoms with Crippen LogP contribution in [0.2, 0.25) is 5.02 Å². The number of benzene rings is 3. The number of methoxy groups -OCH3 is 1. The van der Waals surface area contributed by atoms with E-state index in [2.05, 4.69) is 27.0 Å². The molecular formula is C23H18BrClN2O2. The van der Waals surface area contributed by atoms with Crippen LogP contribution in [-0.2, 0) is 0 Å². The molecule has 6 heteroatoms. The van der Waals surface area contributed by atoms with Crippen molar-refractivity contribution < 1.29 is 9.47 Å². The van der Waals surface area contributed by atoms with Gasteiger partial charge in [-0.2, -0.15) is 5.10 Å². The van der Waals surface area contributed by atoms with E-state index in [1.807, 2.05) is 60.7 Å². The van der Waals surface area contributed by atoms with Gasteiger partial charge in [0.25, 0.3) is 0 Å². The maximum Gasteiger partial charge on any atom is 0.213 e. The lowest BCUT2D eigenvalue weighted by atomic mass is 9.96. The maximum atomic E-state index is 6.40. The lowest BCUT2D eigenvalue weighted by molar-refractivity contribution is -0.0191. The van der Waals surface area contributed by atoms with Crippen molar-refractivity contribution in [2.75, 3.05) is 7.11 Å². The third kappa shape index (κ3) is 3.38. The van der Waals surface area contributed by atoms with Crippen molar-refractivity contribution in [3.8, 4) is 11.5 Å². The molecule has 3 aromatic carbocycles. The van der Waals surface area contributed by atoms with Gasteiger partial charge in [-0.25, -0.2) is 5.01 Å². The Hall–Kier alpha value is -2.50. The molecule has 5 rings (SSSR count). The predicted octanol–water partition coefficient (Wildman–Crippen LogP) is 6.35. The summed E-state index contributed by atoms with van der Waals surface area (Å²) in [5.41, 5.74) is 4.28. The zero-order chi connectivity index (χ0) is 20.0. The number of rotatable bonds is 3. The minimum atomic E-state index is -0.301. The summed E-state index contributed by atoms with van der Waals surface area (Å²) < 4.78 is 12.7. The highest BCUT2D eigenvalue weighted by Crippen LogP contribution is 2.48. The van der Waals surface area contributed by atoms with Crippen molar-refractivity contribution in [2.45, 2.75) is 18.7 Å². The van der Waals surface area contributed by atoms with Crippen LogP contribution in [0.25, 0.3) is 0 Å². The Balaban J connectivity index is 1.58. The second-order valence-corrected chi connectivity index (χ2v) is 8.43. The normalized spacial score (nSPS) is 19.8. The average Bonchev–Trinajstić information content (AvgIpc) is 3.20. The molecule has 0 saturated heterocycles. The molecule has 4 nitrogen and oxygen atoms in total. The zero-order valence-corrected chi connectivity index (χ0v) is 18.0. The highest BCUT2D eigenvalue weighted by Gasteiger charge is 2.41. The molecule has 146 valence electrons. The third-order valence-electron chi connectivity index (χ3n) is 5.33. The standard InChI is InChI=1S/C23H18BrClN2O2/c1-28-18-9-4-15(5-10-18)23-27-21(19-12-16(24)6-11-22(19)29-23)13-20(26-27)14-2-7-17(25)8-3-14/h2-12,21,23H,13H2,1H3/t21-,23-/m0/s1. The monoisotopic (exact) mass is 468 g/mol. The van der Waals surface area contributed by atoms with Crippen LogP contribution in [0.15, 0.2) is 76.3 Å². The van der Waals surface area contributed by atoms with E-state index in [-0.39, 0.29) is 12.3 Å². The van der Waals surface area contributed by atoms with Crippen molar-refractivity contribution in [3.63, 3.8) is 0 Å². The quantitative estimate of drug-likeness (QED) is 0.448. The van der Waals surface area contributed by atoms with Gasteiger partial charge in [0.05, 0.1) is 18.9 Å². The van der Waals surface area contributed by atoms with Crippen LogP contribution in [0.3, 0.4) is 0 Å². The lowest BCUT2D eigenvalue weighted by Gasteiger charge is -2.38. The molecular weight excluding hydrogens is 452 g/mol. The molecule has 2 heterocycles. The van der Waals surface area contributed by atoms with Gasteiger partial charge in [-0.1, -0.05) is 39.7 Å². The molecule has 0 radical (unpaired) electrons. The molecule has 0 fully saturated rings. The lowest BCUT2D eigenvalue weighted by Crippen LogP contribution is -2.33. The fourth-order valence-corrected chi connectivity index (χ4v) is 4.37. The highest BCUT2D eigenvalue weighted by atomic mass is 79.9. The van der Waals surface area contributed by atoms with Crippen molar-refractivity contribution >= 4 is 33.2 Å². The van der Waals surface area contributed by atoms with Gasteiger partial charge in [-0.15, -0.1) is 0 Å². The molecule has 2 aliphatic rings. The second kappa shape index (κ2) is 7.39. The summed E-state index contributed by atoms with van der Waals surface area (Å²) in [6.45, 7) is 0. The maximum absolute atomic E-state index is 6.40. The Morgan fingerprint density at radius 2 is 1.83 bits per heavy atom. The minimum absolute atomic E-state index is 0.106. The van der Waals surface area contributed by atoms with Crippen LogP contribution in [0.1, 0.15) is 35.4 Å². The van der Waals surface area contributed by atoms with E-state index in [1.165, 1.54) is 0 Å². The molecule has 3 aromatic rings. The summed E-state index contributed by atoms with van der Waals surface area (Å²) in [6, 6.07) is 22.1. The van der Waals surface area contributed by atoms with Crippen LogP contribution in [0.4, 0.5) is 0 Å². The molecule has 2 aliphatic heterocycles. The first-order chi connectivity index (χ1) is 14.1. The first kappa shape index (κ1) is 18.5. The van der Waals surface area contributed by atoms with Crippen LogP contribution < -0.4 is 9.47 Å². The average molecular weight is 470 g/mol. The summed E-state index contributed by atoms with van der Waals surface area (Å²) in [6.07, 6.45) is 0.505.